The van der Waals surface area contributed by atoms with Gasteiger partial charge in [-0.3, -0.25) is 14.4 Å². The molecule has 3 atom stereocenters. The van der Waals surface area contributed by atoms with E-state index in [0.717, 1.165) is 0 Å². The van der Waals surface area contributed by atoms with Gasteiger partial charge in [0.2, 0.25) is 0 Å². The first kappa shape index (κ1) is 23.6. The lowest BCUT2D eigenvalue weighted by Crippen LogP contribution is -2.53. The molecule has 2 aromatic carbocycles. The smallest absolute Gasteiger partial charge is 0.308 e. The van der Waals surface area contributed by atoms with Crippen LogP contribution in [0, 0.1) is 0 Å². The first-order valence-corrected chi connectivity index (χ1v) is 11.1. The molecule has 4 rings (SSSR count). The molecular formula is C25H28N2O7. The number of rotatable bonds is 5. The largest absolute Gasteiger partial charge is 0.497 e. The molecule has 2 aromatic rings. The van der Waals surface area contributed by atoms with Gasteiger partial charge in [-0.15, -0.1) is 0 Å². The Balaban J connectivity index is 1.50. The minimum absolute atomic E-state index is 0.172. The van der Waals surface area contributed by atoms with Gasteiger partial charge in [0, 0.05) is 18.3 Å². The minimum atomic E-state index is -0.361. The lowest BCUT2D eigenvalue weighted by atomic mass is 9.94. The Morgan fingerprint density at radius 2 is 1.88 bits per heavy atom. The average molecular weight is 469 g/mol. The number of fused-ring (bicyclic) bond motifs is 2. The molecule has 9 nitrogen and oxygen atoms in total. The van der Waals surface area contributed by atoms with E-state index in [2.05, 4.69) is 5.32 Å². The molecule has 2 amide bonds. The van der Waals surface area contributed by atoms with Gasteiger partial charge in [0.15, 0.2) is 0 Å². The Morgan fingerprint density at radius 1 is 1.12 bits per heavy atom. The van der Waals surface area contributed by atoms with E-state index in [1.807, 2.05) is 0 Å². The van der Waals surface area contributed by atoms with Gasteiger partial charge in [-0.05, 0) is 55.3 Å². The van der Waals surface area contributed by atoms with E-state index in [4.69, 9.17) is 18.9 Å². The first-order valence-electron chi connectivity index (χ1n) is 11.1. The van der Waals surface area contributed by atoms with Gasteiger partial charge in [0.05, 0.1) is 38.3 Å². The van der Waals surface area contributed by atoms with Crippen molar-refractivity contribution in [2.45, 2.75) is 37.5 Å². The fourth-order valence-electron chi connectivity index (χ4n) is 4.32. The molecule has 0 aliphatic carbocycles. The number of likely N-dealkylation sites (N-methyl/N-ethyl adjacent to an activating group) is 1. The number of hydrogen-bond acceptors (Lipinski definition) is 7. The molecule has 180 valence electrons. The van der Waals surface area contributed by atoms with Gasteiger partial charge in [0.1, 0.15) is 24.2 Å². The number of esters is 1. The molecule has 0 aromatic heterocycles. The maximum absolute atomic E-state index is 13.3. The maximum Gasteiger partial charge on any atom is 0.308 e. The van der Waals surface area contributed by atoms with E-state index in [1.54, 1.807) is 61.5 Å². The van der Waals surface area contributed by atoms with Crippen LogP contribution < -0.4 is 14.8 Å². The normalized spacial score (nSPS) is 21.8. The van der Waals surface area contributed by atoms with Crippen molar-refractivity contribution in [3.8, 4) is 11.5 Å². The highest BCUT2D eigenvalue weighted by Crippen LogP contribution is 2.32. The predicted molar refractivity (Wildman–Crippen MR) is 123 cm³/mol. The van der Waals surface area contributed by atoms with Crippen LogP contribution in [0.3, 0.4) is 0 Å². The highest BCUT2D eigenvalue weighted by atomic mass is 16.6. The summed E-state index contributed by atoms with van der Waals surface area (Å²) in [6, 6.07) is 11.5. The molecule has 9 heteroatoms. The lowest BCUT2D eigenvalue weighted by molar-refractivity contribution is -0.151. The fourth-order valence-corrected chi connectivity index (χ4v) is 4.32. The Hall–Kier alpha value is -3.59. The van der Waals surface area contributed by atoms with Crippen LogP contribution in [-0.4, -0.2) is 68.8 Å². The summed E-state index contributed by atoms with van der Waals surface area (Å²) in [4.78, 5) is 39.3. The average Bonchev–Trinajstić information content (AvgIpc) is 2.86. The monoisotopic (exact) mass is 468 g/mol. The SMILES string of the molecule is COC(=O)C[C@@H]1CC[C@@H]2[C@H](COc3ccc(NC(=O)c4ccc(OC)cc4)cc3C(=O)N2C)O1. The third-order valence-electron chi connectivity index (χ3n) is 6.24. The third-order valence-corrected chi connectivity index (χ3v) is 6.24. The van der Waals surface area contributed by atoms with Crippen molar-refractivity contribution in [2.75, 3.05) is 33.2 Å². The standard InChI is InChI=1S/C25H28N2O7/c1-27-20-10-9-18(13-23(28)32-3)34-22(20)14-33-21-11-6-16(12-19(21)25(27)30)26-24(29)15-4-7-17(31-2)8-5-15/h4-8,11-12,18,20,22H,9-10,13-14H2,1-3H3,(H,26,29)/t18-,20+,22-/m0/s1. The molecule has 0 saturated carbocycles. The quantitative estimate of drug-likeness (QED) is 0.673. The van der Waals surface area contributed by atoms with E-state index in [1.165, 1.54) is 7.11 Å². The topological polar surface area (TPSA) is 103 Å². The molecule has 0 spiro atoms. The second kappa shape index (κ2) is 10.1. The number of ether oxygens (including phenoxy) is 4. The van der Waals surface area contributed by atoms with Gasteiger partial charge >= 0.3 is 5.97 Å². The number of amides is 2. The van der Waals surface area contributed by atoms with Crippen LogP contribution >= 0.6 is 0 Å². The van der Waals surface area contributed by atoms with E-state index < -0.39 is 0 Å². The van der Waals surface area contributed by atoms with Crippen molar-refractivity contribution in [1.29, 1.82) is 0 Å². The number of benzene rings is 2. The molecule has 34 heavy (non-hydrogen) atoms. The summed E-state index contributed by atoms with van der Waals surface area (Å²) < 4.78 is 21.9. The summed E-state index contributed by atoms with van der Waals surface area (Å²) in [5.74, 6) is 0.225. The Kier molecular flexibility index (Phi) is 7.02. The third kappa shape index (κ3) is 4.99. The van der Waals surface area contributed by atoms with Crippen molar-refractivity contribution >= 4 is 23.5 Å². The minimum Gasteiger partial charge on any atom is -0.497 e. The number of nitrogens with zero attached hydrogens (tertiary/aromatic N) is 1. The summed E-state index contributed by atoms with van der Waals surface area (Å²) in [7, 11) is 4.65. The van der Waals surface area contributed by atoms with Crippen LogP contribution in [0.4, 0.5) is 5.69 Å². The van der Waals surface area contributed by atoms with Crippen LogP contribution in [0.1, 0.15) is 40.0 Å². The molecule has 0 radical (unpaired) electrons. The Bertz CT molecular complexity index is 1070. The number of carbonyl (C=O) groups excluding carboxylic acids is 3. The number of methoxy groups -OCH3 is 2. The molecule has 0 unspecified atom stereocenters. The van der Waals surface area contributed by atoms with Crippen LogP contribution in [0.25, 0.3) is 0 Å². The zero-order chi connectivity index (χ0) is 24.2. The molecule has 1 saturated heterocycles. The van der Waals surface area contributed by atoms with Crippen molar-refractivity contribution in [1.82, 2.24) is 4.90 Å². The fraction of sp³-hybridized carbons (Fsp3) is 0.400. The van der Waals surface area contributed by atoms with E-state index in [-0.39, 0.29) is 49.1 Å². The summed E-state index contributed by atoms with van der Waals surface area (Å²) in [6.07, 6.45) is 0.862. The molecule has 2 aliphatic heterocycles. The number of nitrogens with one attached hydrogen (secondary N) is 1. The number of anilines is 1. The summed E-state index contributed by atoms with van der Waals surface area (Å²) in [5, 5.41) is 2.83. The summed E-state index contributed by atoms with van der Waals surface area (Å²) >= 11 is 0. The van der Waals surface area contributed by atoms with Crippen LogP contribution in [-0.2, 0) is 14.3 Å². The van der Waals surface area contributed by atoms with Crippen molar-refractivity contribution < 1.29 is 33.3 Å². The van der Waals surface area contributed by atoms with Gasteiger partial charge in [-0.1, -0.05) is 0 Å². The van der Waals surface area contributed by atoms with Gasteiger partial charge in [0.25, 0.3) is 11.8 Å². The van der Waals surface area contributed by atoms with Gasteiger partial charge < -0.3 is 29.2 Å². The highest BCUT2D eigenvalue weighted by Gasteiger charge is 2.39. The number of carbonyl (C=O) groups is 3. The Morgan fingerprint density at radius 3 is 2.59 bits per heavy atom. The van der Waals surface area contributed by atoms with E-state index >= 15 is 0 Å². The van der Waals surface area contributed by atoms with Crippen molar-refractivity contribution in [3.63, 3.8) is 0 Å². The molecular weight excluding hydrogens is 440 g/mol. The summed E-state index contributed by atoms with van der Waals surface area (Å²) in [6.45, 7) is 0.241. The van der Waals surface area contributed by atoms with Gasteiger partial charge in [-0.2, -0.15) is 0 Å². The second-order valence-corrected chi connectivity index (χ2v) is 8.34. The van der Waals surface area contributed by atoms with Crippen LogP contribution in [0.5, 0.6) is 11.5 Å². The maximum atomic E-state index is 13.3. The molecule has 2 heterocycles. The molecule has 2 aliphatic rings. The number of hydrogen-bond donors (Lipinski definition) is 1. The zero-order valence-electron chi connectivity index (χ0n) is 19.4. The van der Waals surface area contributed by atoms with Crippen LogP contribution in [0.2, 0.25) is 0 Å². The molecule has 1 fully saturated rings. The van der Waals surface area contributed by atoms with Crippen LogP contribution in [0.15, 0.2) is 42.5 Å². The molecule has 0 bridgehead atoms. The van der Waals surface area contributed by atoms with Crippen molar-refractivity contribution in [3.05, 3.63) is 53.6 Å². The van der Waals surface area contributed by atoms with Gasteiger partial charge in [-0.25, -0.2) is 0 Å². The highest BCUT2D eigenvalue weighted by molar-refractivity contribution is 6.05. The lowest BCUT2D eigenvalue weighted by Gasteiger charge is -2.42. The second-order valence-electron chi connectivity index (χ2n) is 8.34. The molecule has 1 N–H and O–H groups in total. The van der Waals surface area contributed by atoms with Crippen molar-refractivity contribution in [2.24, 2.45) is 0 Å². The summed E-state index contributed by atoms with van der Waals surface area (Å²) in [5.41, 5.74) is 1.32. The predicted octanol–water partition coefficient (Wildman–Crippen LogP) is 2.89. The zero-order valence-corrected chi connectivity index (χ0v) is 19.4. The Labute approximate surface area is 197 Å². The first-order chi connectivity index (χ1) is 16.4. The van der Waals surface area contributed by atoms with E-state index in [9.17, 15) is 14.4 Å². The van der Waals surface area contributed by atoms with E-state index in [0.29, 0.717) is 41.2 Å².